The molecule has 0 amide bonds. The van der Waals surface area contributed by atoms with Crippen molar-refractivity contribution in [3.05, 3.63) is 46.2 Å². The van der Waals surface area contributed by atoms with E-state index in [-0.39, 0.29) is 17.2 Å². The Balaban J connectivity index is 2.50. The normalized spacial score (nSPS) is 11.2. The highest BCUT2D eigenvalue weighted by Gasteiger charge is 2.13. The molecule has 1 N–H and O–H groups in total. The van der Waals surface area contributed by atoms with Gasteiger partial charge >= 0.3 is 5.97 Å². The van der Waals surface area contributed by atoms with Crippen LogP contribution in [-0.2, 0) is 11.3 Å². The monoisotopic (exact) mass is 275 g/mol. The third-order valence-corrected chi connectivity index (χ3v) is 3.02. The summed E-state index contributed by atoms with van der Waals surface area (Å²) in [4.78, 5) is 23.3. The van der Waals surface area contributed by atoms with Gasteiger partial charge in [0.25, 0.3) is 5.56 Å². The maximum atomic E-state index is 12.1. The first-order valence-electron chi connectivity index (χ1n) is 6.48. The van der Waals surface area contributed by atoms with Gasteiger partial charge in [-0.3, -0.25) is 4.79 Å². The van der Waals surface area contributed by atoms with Gasteiger partial charge in [-0.05, 0) is 19.9 Å². The van der Waals surface area contributed by atoms with Gasteiger partial charge in [0.1, 0.15) is 0 Å². The van der Waals surface area contributed by atoms with Crippen LogP contribution in [0.15, 0.2) is 35.1 Å². The lowest BCUT2D eigenvalue weighted by Gasteiger charge is -2.13. The van der Waals surface area contributed by atoms with Crippen LogP contribution in [0.3, 0.4) is 0 Å². The summed E-state index contributed by atoms with van der Waals surface area (Å²) < 4.78 is 7.00. The minimum atomic E-state index is -1.09. The first-order valence-corrected chi connectivity index (χ1v) is 6.48. The van der Waals surface area contributed by atoms with Crippen molar-refractivity contribution in [3.63, 3.8) is 0 Å². The van der Waals surface area contributed by atoms with E-state index in [9.17, 15) is 14.7 Å². The molecule has 5 nitrogen and oxygen atoms in total. The Bertz CT molecular complexity index is 688. The van der Waals surface area contributed by atoms with E-state index < -0.39 is 5.97 Å². The number of rotatable bonds is 5. The first-order chi connectivity index (χ1) is 9.50. The van der Waals surface area contributed by atoms with Gasteiger partial charge in [0.2, 0.25) is 0 Å². The lowest BCUT2D eigenvalue weighted by atomic mass is 10.1. The van der Waals surface area contributed by atoms with Gasteiger partial charge in [0.15, 0.2) is 0 Å². The van der Waals surface area contributed by atoms with E-state index >= 15 is 0 Å². The van der Waals surface area contributed by atoms with E-state index in [0.717, 1.165) is 0 Å². The van der Waals surface area contributed by atoms with Gasteiger partial charge in [-0.1, -0.05) is 18.2 Å². The molecule has 2 aromatic rings. The van der Waals surface area contributed by atoms with Gasteiger partial charge in [-0.15, -0.1) is 0 Å². The summed E-state index contributed by atoms with van der Waals surface area (Å²) in [6.45, 7) is 4.66. The largest absolute Gasteiger partial charge is 0.478 e. The molecule has 0 aliphatic carbocycles. The molecule has 0 fully saturated rings. The topological polar surface area (TPSA) is 68.5 Å². The van der Waals surface area contributed by atoms with Crippen molar-refractivity contribution in [3.8, 4) is 0 Å². The van der Waals surface area contributed by atoms with E-state index in [2.05, 4.69) is 0 Å². The number of aromatic nitrogens is 1. The van der Waals surface area contributed by atoms with Crippen LogP contribution in [0.1, 0.15) is 24.2 Å². The zero-order valence-electron chi connectivity index (χ0n) is 11.5. The average molecular weight is 275 g/mol. The Hall–Kier alpha value is -2.14. The zero-order valence-corrected chi connectivity index (χ0v) is 11.5. The summed E-state index contributed by atoms with van der Waals surface area (Å²) >= 11 is 0. The van der Waals surface area contributed by atoms with Crippen LogP contribution in [0, 0.1) is 0 Å². The van der Waals surface area contributed by atoms with Gasteiger partial charge in [0.05, 0.1) is 23.8 Å². The number of hydrogen-bond acceptors (Lipinski definition) is 3. The molecular formula is C15H17NO4. The van der Waals surface area contributed by atoms with E-state index in [4.69, 9.17) is 4.74 Å². The molecule has 0 saturated carbocycles. The molecule has 1 aromatic heterocycles. The van der Waals surface area contributed by atoms with Crippen molar-refractivity contribution in [2.45, 2.75) is 26.5 Å². The maximum Gasteiger partial charge on any atom is 0.336 e. The Morgan fingerprint density at radius 3 is 2.70 bits per heavy atom. The highest BCUT2D eigenvalue weighted by atomic mass is 16.5. The molecule has 1 aromatic carbocycles. The fraction of sp³-hybridized carbons (Fsp3) is 0.333. The number of benzene rings is 1. The van der Waals surface area contributed by atoms with E-state index in [1.807, 2.05) is 13.8 Å². The SMILES string of the molecule is CC(C)OCCn1c(=O)cc(C(=O)O)c2ccccc21. The lowest BCUT2D eigenvalue weighted by Crippen LogP contribution is -2.24. The number of hydrogen-bond donors (Lipinski definition) is 1. The summed E-state index contributed by atoms with van der Waals surface area (Å²) in [6, 6.07) is 8.16. The molecule has 0 saturated heterocycles. The predicted octanol–water partition coefficient (Wildman–Crippen LogP) is 2.12. The summed E-state index contributed by atoms with van der Waals surface area (Å²) in [5.41, 5.74) is 0.324. The van der Waals surface area contributed by atoms with Crippen LogP contribution in [0.25, 0.3) is 10.9 Å². The summed E-state index contributed by atoms with van der Waals surface area (Å²) in [6.07, 6.45) is 0.0928. The van der Waals surface area contributed by atoms with Crippen molar-refractivity contribution in [2.24, 2.45) is 0 Å². The number of ether oxygens (including phenoxy) is 1. The molecule has 20 heavy (non-hydrogen) atoms. The van der Waals surface area contributed by atoms with Gasteiger partial charge in [-0.25, -0.2) is 4.79 Å². The number of pyridine rings is 1. The third-order valence-electron chi connectivity index (χ3n) is 3.02. The van der Waals surface area contributed by atoms with Crippen LogP contribution in [0.4, 0.5) is 0 Å². The number of fused-ring (bicyclic) bond motifs is 1. The molecule has 0 radical (unpaired) electrons. The lowest BCUT2D eigenvalue weighted by molar-refractivity contribution is 0.0698. The van der Waals surface area contributed by atoms with E-state index in [1.165, 1.54) is 6.07 Å². The quantitative estimate of drug-likeness (QED) is 0.907. The molecule has 0 unspecified atom stereocenters. The molecule has 0 aliphatic heterocycles. The van der Waals surface area contributed by atoms with Crippen molar-refractivity contribution in [1.29, 1.82) is 0 Å². The average Bonchev–Trinajstić information content (AvgIpc) is 2.40. The number of carbonyl (C=O) groups is 1. The molecular weight excluding hydrogens is 258 g/mol. The predicted molar refractivity (Wildman–Crippen MR) is 76.3 cm³/mol. The number of para-hydroxylation sites is 1. The highest BCUT2D eigenvalue weighted by Crippen LogP contribution is 2.16. The second-order valence-electron chi connectivity index (χ2n) is 4.79. The van der Waals surface area contributed by atoms with Crippen molar-refractivity contribution >= 4 is 16.9 Å². The smallest absolute Gasteiger partial charge is 0.336 e. The fourth-order valence-electron chi connectivity index (χ4n) is 2.12. The summed E-state index contributed by atoms with van der Waals surface area (Å²) in [5.74, 6) is -1.09. The van der Waals surface area contributed by atoms with Crippen molar-refractivity contribution in [1.82, 2.24) is 4.57 Å². The van der Waals surface area contributed by atoms with Crippen LogP contribution in [-0.4, -0.2) is 28.4 Å². The number of carboxylic acid groups (broad SMARTS) is 1. The number of carboxylic acids is 1. The molecule has 2 rings (SSSR count). The molecule has 5 heteroatoms. The molecule has 106 valence electrons. The minimum Gasteiger partial charge on any atom is -0.478 e. The number of aromatic carboxylic acids is 1. The van der Waals surface area contributed by atoms with E-state index in [1.54, 1.807) is 28.8 Å². The van der Waals surface area contributed by atoms with Crippen molar-refractivity contribution < 1.29 is 14.6 Å². The van der Waals surface area contributed by atoms with Gasteiger partial charge in [0, 0.05) is 18.0 Å². The molecule has 0 bridgehead atoms. The van der Waals surface area contributed by atoms with Crippen molar-refractivity contribution in [2.75, 3.05) is 6.61 Å². The van der Waals surface area contributed by atoms with Gasteiger partial charge in [-0.2, -0.15) is 0 Å². The van der Waals surface area contributed by atoms with Crippen LogP contribution < -0.4 is 5.56 Å². The molecule has 1 heterocycles. The van der Waals surface area contributed by atoms with Gasteiger partial charge < -0.3 is 14.4 Å². The molecule has 0 spiro atoms. The molecule has 0 aliphatic rings. The maximum absolute atomic E-state index is 12.1. The number of nitrogens with zero attached hydrogens (tertiary/aromatic N) is 1. The van der Waals surface area contributed by atoms with E-state index in [0.29, 0.717) is 24.1 Å². The Morgan fingerprint density at radius 2 is 2.05 bits per heavy atom. The Morgan fingerprint density at radius 1 is 1.35 bits per heavy atom. The minimum absolute atomic E-state index is 0.0339. The second-order valence-corrected chi connectivity index (χ2v) is 4.79. The fourth-order valence-corrected chi connectivity index (χ4v) is 2.12. The summed E-state index contributed by atoms with van der Waals surface area (Å²) in [7, 11) is 0. The zero-order chi connectivity index (χ0) is 14.7. The Labute approximate surface area is 116 Å². The highest BCUT2D eigenvalue weighted by molar-refractivity contribution is 6.02. The summed E-state index contributed by atoms with van der Waals surface area (Å²) in [5, 5.41) is 9.73. The van der Waals surface area contributed by atoms with Crippen LogP contribution in [0.5, 0.6) is 0 Å². The first kappa shape index (κ1) is 14.3. The molecule has 0 atom stereocenters. The van der Waals surface area contributed by atoms with Crippen LogP contribution in [0.2, 0.25) is 0 Å². The second kappa shape index (κ2) is 5.88. The third kappa shape index (κ3) is 2.88. The standard InChI is InChI=1S/C15H17NO4/c1-10(2)20-8-7-16-13-6-4-3-5-11(13)12(15(18)19)9-14(16)17/h3-6,9-10H,7-8H2,1-2H3,(H,18,19). The Kier molecular flexibility index (Phi) is 4.20. The van der Waals surface area contributed by atoms with Crippen LogP contribution >= 0.6 is 0 Å².